The van der Waals surface area contributed by atoms with Crippen molar-refractivity contribution < 1.29 is 0 Å². The highest BCUT2D eigenvalue weighted by atomic mass is 35.5. The third kappa shape index (κ3) is 3.60. The Labute approximate surface area is 125 Å². The van der Waals surface area contributed by atoms with E-state index >= 15 is 0 Å². The van der Waals surface area contributed by atoms with Crippen molar-refractivity contribution in [3.8, 4) is 6.07 Å². The van der Waals surface area contributed by atoms with Crippen molar-refractivity contribution in [1.82, 2.24) is 4.90 Å². The van der Waals surface area contributed by atoms with Crippen molar-refractivity contribution in [3.63, 3.8) is 0 Å². The summed E-state index contributed by atoms with van der Waals surface area (Å²) >= 11 is 6.04. The first kappa shape index (κ1) is 14.6. The van der Waals surface area contributed by atoms with Crippen LogP contribution in [-0.4, -0.2) is 11.9 Å². The molecule has 2 rings (SSSR count). The van der Waals surface area contributed by atoms with Crippen LogP contribution in [0.4, 0.5) is 0 Å². The van der Waals surface area contributed by atoms with Crippen molar-refractivity contribution in [2.75, 3.05) is 7.05 Å². The van der Waals surface area contributed by atoms with Gasteiger partial charge in [-0.25, -0.2) is 0 Å². The van der Waals surface area contributed by atoms with E-state index in [9.17, 15) is 0 Å². The second-order valence-electron chi connectivity index (χ2n) is 4.95. The Bertz CT molecular complexity index is 614. The molecule has 1 atom stereocenters. The second kappa shape index (κ2) is 6.56. The maximum atomic E-state index is 8.80. The lowest BCUT2D eigenvalue weighted by Gasteiger charge is -2.25. The van der Waals surface area contributed by atoms with Crippen molar-refractivity contribution in [1.29, 1.82) is 5.26 Å². The summed E-state index contributed by atoms with van der Waals surface area (Å²) in [6.07, 6.45) is 0. The summed E-state index contributed by atoms with van der Waals surface area (Å²) in [5, 5.41) is 9.57. The summed E-state index contributed by atoms with van der Waals surface area (Å²) in [5.74, 6) is 0. The minimum atomic E-state index is 0.282. The van der Waals surface area contributed by atoms with E-state index in [2.05, 4.69) is 31.0 Å². The van der Waals surface area contributed by atoms with Crippen molar-refractivity contribution >= 4 is 11.6 Å². The third-order valence-electron chi connectivity index (χ3n) is 3.51. The van der Waals surface area contributed by atoms with Crippen molar-refractivity contribution in [3.05, 3.63) is 70.2 Å². The van der Waals surface area contributed by atoms with Gasteiger partial charge in [-0.15, -0.1) is 0 Å². The number of hydrogen-bond acceptors (Lipinski definition) is 2. The quantitative estimate of drug-likeness (QED) is 0.832. The summed E-state index contributed by atoms with van der Waals surface area (Å²) in [6, 6.07) is 18.1. The second-order valence-corrected chi connectivity index (χ2v) is 5.39. The van der Waals surface area contributed by atoms with Crippen LogP contribution in [0.5, 0.6) is 0 Å². The molecule has 2 aromatic rings. The largest absolute Gasteiger partial charge is 0.295 e. The predicted octanol–water partition coefficient (Wildman–Crippen LogP) is 4.40. The summed E-state index contributed by atoms with van der Waals surface area (Å²) < 4.78 is 0. The van der Waals surface area contributed by atoms with Gasteiger partial charge < -0.3 is 0 Å². The van der Waals surface area contributed by atoms with Gasteiger partial charge in [0, 0.05) is 17.6 Å². The van der Waals surface area contributed by atoms with Gasteiger partial charge in [-0.1, -0.05) is 35.9 Å². The molecular formula is C17H17ClN2. The first-order chi connectivity index (χ1) is 9.60. The Morgan fingerprint density at radius 1 is 1.20 bits per heavy atom. The molecule has 1 unspecified atom stereocenters. The van der Waals surface area contributed by atoms with E-state index in [1.807, 2.05) is 42.5 Å². The van der Waals surface area contributed by atoms with E-state index in [4.69, 9.17) is 16.9 Å². The number of benzene rings is 2. The highest BCUT2D eigenvalue weighted by Crippen LogP contribution is 2.23. The molecule has 0 aromatic heterocycles. The molecule has 20 heavy (non-hydrogen) atoms. The number of halogens is 1. The fourth-order valence-electron chi connectivity index (χ4n) is 2.13. The molecular weight excluding hydrogens is 268 g/mol. The van der Waals surface area contributed by atoms with Crippen LogP contribution in [-0.2, 0) is 6.54 Å². The van der Waals surface area contributed by atoms with Crippen LogP contribution < -0.4 is 0 Å². The SMILES string of the molecule is CC(c1cccc(Cl)c1)N(C)Cc1ccc(C#N)cc1. The van der Waals surface area contributed by atoms with E-state index in [1.54, 1.807) is 0 Å². The van der Waals surface area contributed by atoms with Crippen LogP contribution in [0, 0.1) is 11.3 Å². The zero-order valence-electron chi connectivity index (χ0n) is 11.7. The smallest absolute Gasteiger partial charge is 0.0991 e. The van der Waals surface area contributed by atoms with Gasteiger partial charge in [0.2, 0.25) is 0 Å². The van der Waals surface area contributed by atoms with E-state index in [0.717, 1.165) is 11.6 Å². The van der Waals surface area contributed by atoms with Crippen LogP contribution >= 0.6 is 11.6 Å². The number of nitriles is 1. The molecule has 2 aromatic carbocycles. The molecule has 0 bridgehead atoms. The highest BCUT2D eigenvalue weighted by Gasteiger charge is 2.12. The predicted molar refractivity (Wildman–Crippen MR) is 82.5 cm³/mol. The molecule has 0 radical (unpaired) electrons. The van der Waals surface area contributed by atoms with Crippen LogP contribution in [0.15, 0.2) is 48.5 Å². The number of hydrogen-bond donors (Lipinski definition) is 0. The van der Waals surface area contributed by atoms with Crippen molar-refractivity contribution in [2.24, 2.45) is 0 Å². The summed E-state index contributed by atoms with van der Waals surface area (Å²) in [6.45, 7) is 2.99. The minimum Gasteiger partial charge on any atom is -0.295 e. The first-order valence-electron chi connectivity index (χ1n) is 6.55. The highest BCUT2D eigenvalue weighted by molar-refractivity contribution is 6.30. The van der Waals surface area contributed by atoms with E-state index in [1.165, 1.54) is 11.1 Å². The Morgan fingerprint density at radius 3 is 2.50 bits per heavy atom. The molecule has 0 fully saturated rings. The zero-order chi connectivity index (χ0) is 14.5. The van der Waals surface area contributed by atoms with Gasteiger partial charge in [0.05, 0.1) is 11.6 Å². The minimum absolute atomic E-state index is 0.282. The maximum absolute atomic E-state index is 8.80. The van der Waals surface area contributed by atoms with Gasteiger partial charge in [0.25, 0.3) is 0 Å². The van der Waals surface area contributed by atoms with Crippen LogP contribution in [0.2, 0.25) is 5.02 Å². The van der Waals surface area contributed by atoms with Crippen LogP contribution in [0.25, 0.3) is 0 Å². The van der Waals surface area contributed by atoms with E-state index < -0.39 is 0 Å². The lowest BCUT2D eigenvalue weighted by Crippen LogP contribution is -2.21. The van der Waals surface area contributed by atoms with Gasteiger partial charge in [-0.3, -0.25) is 4.90 Å². The fraction of sp³-hybridized carbons (Fsp3) is 0.235. The number of rotatable bonds is 4. The van der Waals surface area contributed by atoms with Gasteiger partial charge >= 0.3 is 0 Å². The Hall–Kier alpha value is -1.82. The topological polar surface area (TPSA) is 27.0 Å². The number of nitrogens with zero attached hydrogens (tertiary/aromatic N) is 2. The Morgan fingerprint density at radius 2 is 1.90 bits per heavy atom. The van der Waals surface area contributed by atoms with Gasteiger partial charge in [-0.2, -0.15) is 5.26 Å². The molecule has 0 heterocycles. The van der Waals surface area contributed by atoms with E-state index in [-0.39, 0.29) is 6.04 Å². The third-order valence-corrected chi connectivity index (χ3v) is 3.74. The molecule has 0 spiro atoms. The molecule has 0 N–H and O–H groups in total. The molecule has 0 saturated carbocycles. The Balaban J connectivity index is 2.07. The molecule has 0 aliphatic carbocycles. The summed E-state index contributed by atoms with van der Waals surface area (Å²) in [4.78, 5) is 2.26. The standard InChI is InChI=1S/C17H17ClN2/c1-13(16-4-3-5-17(18)10-16)20(2)12-15-8-6-14(11-19)7-9-15/h3-10,13H,12H2,1-2H3. The molecule has 102 valence electrons. The van der Waals surface area contributed by atoms with Crippen LogP contribution in [0.3, 0.4) is 0 Å². The van der Waals surface area contributed by atoms with Gasteiger partial charge in [-0.05, 0) is 49.4 Å². The molecule has 0 amide bonds. The molecule has 0 aliphatic heterocycles. The van der Waals surface area contributed by atoms with Gasteiger partial charge in [0.15, 0.2) is 0 Å². The molecule has 0 saturated heterocycles. The Kier molecular flexibility index (Phi) is 4.79. The maximum Gasteiger partial charge on any atom is 0.0991 e. The normalized spacial score (nSPS) is 12.2. The lowest BCUT2D eigenvalue weighted by molar-refractivity contribution is 0.253. The van der Waals surface area contributed by atoms with E-state index in [0.29, 0.717) is 5.56 Å². The van der Waals surface area contributed by atoms with Crippen molar-refractivity contribution in [2.45, 2.75) is 19.5 Å². The van der Waals surface area contributed by atoms with Gasteiger partial charge in [0.1, 0.15) is 0 Å². The fourth-order valence-corrected chi connectivity index (χ4v) is 2.33. The summed E-state index contributed by atoms with van der Waals surface area (Å²) in [5.41, 5.74) is 3.09. The average molecular weight is 285 g/mol. The molecule has 0 aliphatic rings. The average Bonchev–Trinajstić information content (AvgIpc) is 2.47. The lowest BCUT2D eigenvalue weighted by atomic mass is 10.1. The summed E-state index contributed by atoms with van der Waals surface area (Å²) in [7, 11) is 2.09. The molecule has 3 heteroatoms. The molecule has 2 nitrogen and oxygen atoms in total. The first-order valence-corrected chi connectivity index (χ1v) is 6.92. The van der Waals surface area contributed by atoms with Crippen LogP contribution in [0.1, 0.15) is 29.7 Å². The monoisotopic (exact) mass is 284 g/mol. The zero-order valence-corrected chi connectivity index (χ0v) is 12.4.